The van der Waals surface area contributed by atoms with Crippen LogP contribution in [0, 0.1) is 0 Å². The SMILES string of the molecule is CCCCC(N)C(=O)N(Cc1ccco1)C1CCCC1. The fraction of sp³-hybridized carbons (Fsp3) is 0.688. The fourth-order valence-electron chi connectivity index (χ4n) is 2.93. The molecule has 20 heavy (non-hydrogen) atoms. The predicted molar refractivity (Wildman–Crippen MR) is 79.0 cm³/mol. The molecule has 2 N–H and O–H groups in total. The number of nitrogens with two attached hydrogens (primary N) is 1. The summed E-state index contributed by atoms with van der Waals surface area (Å²) in [5, 5.41) is 0. The van der Waals surface area contributed by atoms with Gasteiger partial charge in [-0.15, -0.1) is 0 Å². The van der Waals surface area contributed by atoms with Gasteiger partial charge in [-0.3, -0.25) is 4.79 Å². The summed E-state index contributed by atoms with van der Waals surface area (Å²) < 4.78 is 5.40. The molecule has 0 radical (unpaired) electrons. The molecule has 1 fully saturated rings. The van der Waals surface area contributed by atoms with Crippen LogP contribution in [0.15, 0.2) is 22.8 Å². The molecule has 0 bridgehead atoms. The van der Waals surface area contributed by atoms with E-state index < -0.39 is 0 Å². The zero-order valence-corrected chi connectivity index (χ0v) is 12.4. The van der Waals surface area contributed by atoms with Crippen molar-refractivity contribution in [3.8, 4) is 0 Å². The van der Waals surface area contributed by atoms with Crippen molar-refractivity contribution in [2.24, 2.45) is 5.73 Å². The lowest BCUT2D eigenvalue weighted by molar-refractivity contribution is -0.136. The van der Waals surface area contributed by atoms with Gasteiger partial charge in [0.1, 0.15) is 5.76 Å². The highest BCUT2D eigenvalue weighted by molar-refractivity contribution is 5.81. The Morgan fingerprint density at radius 2 is 2.25 bits per heavy atom. The molecule has 1 atom stereocenters. The van der Waals surface area contributed by atoms with E-state index in [0.717, 1.165) is 37.9 Å². The Balaban J connectivity index is 2.02. The molecule has 112 valence electrons. The standard InChI is InChI=1S/C16H26N2O2/c1-2-3-10-15(17)16(19)18(13-7-4-5-8-13)12-14-9-6-11-20-14/h6,9,11,13,15H,2-5,7-8,10,12,17H2,1H3. The zero-order chi connectivity index (χ0) is 14.4. The lowest BCUT2D eigenvalue weighted by Crippen LogP contribution is -2.47. The minimum atomic E-state index is -0.370. The van der Waals surface area contributed by atoms with Crippen LogP contribution in [0.3, 0.4) is 0 Å². The molecule has 0 aliphatic heterocycles. The number of nitrogens with zero attached hydrogens (tertiary/aromatic N) is 1. The molecule has 4 heteroatoms. The van der Waals surface area contributed by atoms with Crippen LogP contribution in [0.25, 0.3) is 0 Å². The molecule has 4 nitrogen and oxygen atoms in total. The van der Waals surface area contributed by atoms with E-state index in [1.54, 1.807) is 6.26 Å². The first-order chi connectivity index (χ1) is 9.72. The number of hydrogen-bond donors (Lipinski definition) is 1. The molecule has 1 saturated carbocycles. The van der Waals surface area contributed by atoms with Crippen LogP contribution in [0.4, 0.5) is 0 Å². The van der Waals surface area contributed by atoms with Crippen LogP contribution >= 0.6 is 0 Å². The summed E-state index contributed by atoms with van der Waals surface area (Å²) in [7, 11) is 0. The van der Waals surface area contributed by atoms with Crippen molar-refractivity contribution in [2.45, 2.75) is 70.5 Å². The van der Waals surface area contributed by atoms with Gasteiger partial charge in [0, 0.05) is 6.04 Å². The maximum absolute atomic E-state index is 12.6. The fourth-order valence-corrected chi connectivity index (χ4v) is 2.93. The molecule has 1 aromatic rings. The quantitative estimate of drug-likeness (QED) is 0.834. The highest BCUT2D eigenvalue weighted by atomic mass is 16.3. The van der Waals surface area contributed by atoms with Crippen molar-refractivity contribution >= 4 is 5.91 Å². The van der Waals surface area contributed by atoms with Crippen molar-refractivity contribution in [3.05, 3.63) is 24.2 Å². The summed E-state index contributed by atoms with van der Waals surface area (Å²) >= 11 is 0. The zero-order valence-electron chi connectivity index (χ0n) is 12.4. The van der Waals surface area contributed by atoms with Gasteiger partial charge in [-0.25, -0.2) is 0 Å². The molecule has 1 aliphatic rings. The van der Waals surface area contributed by atoms with Gasteiger partial charge in [0.25, 0.3) is 0 Å². The molecule has 1 heterocycles. The second-order valence-electron chi connectivity index (χ2n) is 5.73. The molecule has 1 aromatic heterocycles. The van der Waals surface area contributed by atoms with Gasteiger partial charge < -0.3 is 15.1 Å². The minimum Gasteiger partial charge on any atom is -0.467 e. The van der Waals surface area contributed by atoms with Gasteiger partial charge in [-0.2, -0.15) is 0 Å². The molecule has 0 saturated heterocycles. The van der Waals surface area contributed by atoms with Crippen LogP contribution in [-0.4, -0.2) is 22.9 Å². The Morgan fingerprint density at radius 1 is 1.50 bits per heavy atom. The first kappa shape index (κ1) is 15.1. The molecular formula is C16H26N2O2. The van der Waals surface area contributed by atoms with Crippen molar-refractivity contribution in [3.63, 3.8) is 0 Å². The van der Waals surface area contributed by atoms with Crippen molar-refractivity contribution < 1.29 is 9.21 Å². The van der Waals surface area contributed by atoms with Gasteiger partial charge in [-0.05, 0) is 31.4 Å². The van der Waals surface area contributed by atoms with E-state index in [4.69, 9.17) is 10.2 Å². The molecular weight excluding hydrogens is 252 g/mol. The van der Waals surface area contributed by atoms with Crippen molar-refractivity contribution in [1.82, 2.24) is 4.90 Å². The smallest absolute Gasteiger partial charge is 0.240 e. The predicted octanol–water partition coefficient (Wildman–Crippen LogP) is 3.07. The van der Waals surface area contributed by atoms with Gasteiger partial charge >= 0.3 is 0 Å². The van der Waals surface area contributed by atoms with Gasteiger partial charge in [0.05, 0.1) is 18.8 Å². The average Bonchev–Trinajstić information content (AvgIpc) is 3.13. The van der Waals surface area contributed by atoms with E-state index in [1.807, 2.05) is 17.0 Å². The second-order valence-corrected chi connectivity index (χ2v) is 5.73. The Hall–Kier alpha value is -1.29. The summed E-state index contributed by atoms with van der Waals surface area (Å²) in [6.07, 6.45) is 9.10. The topological polar surface area (TPSA) is 59.5 Å². The third kappa shape index (κ3) is 3.85. The van der Waals surface area contributed by atoms with Crippen LogP contribution < -0.4 is 5.73 Å². The summed E-state index contributed by atoms with van der Waals surface area (Å²) in [5.41, 5.74) is 6.08. The Morgan fingerprint density at radius 3 is 2.85 bits per heavy atom. The average molecular weight is 278 g/mol. The molecule has 1 unspecified atom stereocenters. The number of rotatable bonds is 7. The monoisotopic (exact) mass is 278 g/mol. The number of carbonyl (C=O) groups is 1. The molecule has 2 rings (SSSR count). The maximum atomic E-state index is 12.6. The largest absolute Gasteiger partial charge is 0.467 e. The first-order valence-corrected chi connectivity index (χ1v) is 7.80. The van der Waals surface area contributed by atoms with Crippen molar-refractivity contribution in [2.75, 3.05) is 0 Å². The lowest BCUT2D eigenvalue weighted by atomic mass is 10.1. The molecule has 1 amide bonds. The van der Waals surface area contributed by atoms with E-state index in [9.17, 15) is 4.79 Å². The van der Waals surface area contributed by atoms with E-state index in [0.29, 0.717) is 12.6 Å². The maximum Gasteiger partial charge on any atom is 0.240 e. The number of hydrogen-bond acceptors (Lipinski definition) is 3. The number of carbonyl (C=O) groups excluding carboxylic acids is 1. The van der Waals surface area contributed by atoms with E-state index in [1.165, 1.54) is 12.8 Å². The van der Waals surface area contributed by atoms with Crippen LogP contribution in [0.5, 0.6) is 0 Å². The number of amides is 1. The Bertz CT molecular complexity index is 397. The van der Waals surface area contributed by atoms with Gasteiger partial charge in [0.2, 0.25) is 5.91 Å². The molecule has 0 spiro atoms. The van der Waals surface area contributed by atoms with Gasteiger partial charge in [-0.1, -0.05) is 32.6 Å². The summed E-state index contributed by atoms with van der Waals surface area (Å²) in [6.45, 7) is 2.67. The summed E-state index contributed by atoms with van der Waals surface area (Å²) in [4.78, 5) is 14.6. The number of furan rings is 1. The Labute approximate surface area is 121 Å². The van der Waals surface area contributed by atoms with Gasteiger partial charge in [0.15, 0.2) is 0 Å². The highest BCUT2D eigenvalue weighted by Gasteiger charge is 2.30. The lowest BCUT2D eigenvalue weighted by Gasteiger charge is -2.30. The minimum absolute atomic E-state index is 0.0850. The van der Waals surface area contributed by atoms with E-state index in [-0.39, 0.29) is 11.9 Å². The van der Waals surface area contributed by atoms with Crippen LogP contribution in [-0.2, 0) is 11.3 Å². The van der Waals surface area contributed by atoms with Crippen molar-refractivity contribution in [1.29, 1.82) is 0 Å². The first-order valence-electron chi connectivity index (χ1n) is 7.80. The van der Waals surface area contributed by atoms with E-state index in [2.05, 4.69) is 6.92 Å². The normalized spacial score (nSPS) is 17.3. The second kappa shape index (κ2) is 7.48. The number of unbranched alkanes of at least 4 members (excludes halogenated alkanes) is 1. The van der Waals surface area contributed by atoms with E-state index >= 15 is 0 Å². The summed E-state index contributed by atoms with van der Waals surface area (Å²) in [6, 6.07) is 3.75. The highest BCUT2D eigenvalue weighted by Crippen LogP contribution is 2.26. The molecule has 0 aromatic carbocycles. The van der Waals surface area contributed by atoms with Crippen LogP contribution in [0.1, 0.15) is 57.6 Å². The Kier molecular flexibility index (Phi) is 5.65. The third-order valence-corrected chi connectivity index (χ3v) is 4.14. The third-order valence-electron chi connectivity index (χ3n) is 4.14. The molecule has 1 aliphatic carbocycles. The summed E-state index contributed by atoms with van der Waals surface area (Å²) in [5.74, 6) is 0.926. The van der Waals surface area contributed by atoms with Crippen LogP contribution in [0.2, 0.25) is 0 Å².